The second-order valence-corrected chi connectivity index (χ2v) is 11.0. The summed E-state index contributed by atoms with van der Waals surface area (Å²) in [6.07, 6.45) is 0. The van der Waals surface area contributed by atoms with Crippen LogP contribution in [0.2, 0.25) is 0 Å². The average molecular weight is 495 g/mol. The molecule has 0 aliphatic carbocycles. The molecule has 4 aromatic rings. The highest BCUT2D eigenvalue weighted by Crippen LogP contribution is 2.33. The van der Waals surface area contributed by atoms with E-state index in [2.05, 4.69) is 4.98 Å². The zero-order valence-electron chi connectivity index (χ0n) is 17.9. The maximum absolute atomic E-state index is 13.3. The van der Waals surface area contributed by atoms with Crippen LogP contribution >= 0.6 is 0 Å². The second kappa shape index (κ2) is 9.13. The molecule has 3 aromatic carbocycles. The standard InChI is InChI=1S/C24H18N2O6S2/c1-31-20-13-11-19(12-14-20)22-26-23(34(29,30)21-5-3-2-4-6-21)24(32-22)33(27,28)16-18-9-7-17(15-25)8-10-18/h2-14H,16H2,1H3. The molecule has 0 spiro atoms. The normalized spacial score (nSPS) is 11.6. The molecular weight excluding hydrogens is 476 g/mol. The number of methoxy groups -OCH3 is 1. The molecule has 0 saturated heterocycles. The van der Waals surface area contributed by atoms with Gasteiger partial charge in [0, 0.05) is 5.56 Å². The van der Waals surface area contributed by atoms with Crippen molar-refractivity contribution in [2.75, 3.05) is 7.11 Å². The average Bonchev–Trinajstić information content (AvgIpc) is 3.33. The first-order valence-electron chi connectivity index (χ1n) is 9.92. The molecule has 1 heterocycles. The molecule has 0 aliphatic heterocycles. The maximum atomic E-state index is 13.3. The van der Waals surface area contributed by atoms with Crippen LogP contribution in [-0.2, 0) is 25.4 Å². The fraction of sp³-hybridized carbons (Fsp3) is 0.0833. The Morgan fingerprint density at radius 3 is 2.15 bits per heavy atom. The largest absolute Gasteiger partial charge is 0.497 e. The van der Waals surface area contributed by atoms with Crippen LogP contribution in [0.5, 0.6) is 5.75 Å². The summed E-state index contributed by atoms with van der Waals surface area (Å²) in [4.78, 5) is 3.99. The van der Waals surface area contributed by atoms with E-state index in [4.69, 9.17) is 14.4 Å². The molecule has 0 fully saturated rings. The predicted molar refractivity (Wildman–Crippen MR) is 122 cm³/mol. The van der Waals surface area contributed by atoms with Crippen molar-refractivity contribution in [1.82, 2.24) is 4.98 Å². The third-order valence-corrected chi connectivity index (χ3v) is 8.30. The quantitative estimate of drug-likeness (QED) is 0.377. The summed E-state index contributed by atoms with van der Waals surface area (Å²) >= 11 is 0. The highest BCUT2D eigenvalue weighted by molar-refractivity contribution is 7.94. The van der Waals surface area contributed by atoms with Crippen LogP contribution in [0.4, 0.5) is 0 Å². The van der Waals surface area contributed by atoms with Gasteiger partial charge in [0.15, 0.2) is 0 Å². The van der Waals surface area contributed by atoms with Gasteiger partial charge in [-0.05, 0) is 54.1 Å². The van der Waals surface area contributed by atoms with Crippen LogP contribution in [0, 0.1) is 11.3 Å². The van der Waals surface area contributed by atoms with Gasteiger partial charge in [0.1, 0.15) is 5.75 Å². The Morgan fingerprint density at radius 2 is 1.56 bits per heavy atom. The fourth-order valence-corrected chi connectivity index (χ4v) is 6.38. The van der Waals surface area contributed by atoms with Crippen LogP contribution in [0.25, 0.3) is 11.5 Å². The lowest BCUT2D eigenvalue weighted by molar-refractivity contribution is 0.414. The Kier molecular flexibility index (Phi) is 6.24. The van der Waals surface area contributed by atoms with Crippen LogP contribution in [0.1, 0.15) is 11.1 Å². The molecule has 0 aliphatic rings. The van der Waals surface area contributed by atoms with E-state index in [9.17, 15) is 16.8 Å². The fourth-order valence-electron chi connectivity index (χ4n) is 3.19. The van der Waals surface area contributed by atoms with Gasteiger partial charge in [-0.1, -0.05) is 30.3 Å². The summed E-state index contributed by atoms with van der Waals surface area (Å²) < 4.78 is 64.0. The van der Waals surface area contributed by atoms with Gasteiger partial charge in [0.05, 0.1) is 29.4 Å². The maximum Gasteiger partial charge on any atom is 0.258 e. The van der Waals surface area contributed by atoms with Gasteiger partial charge < -0.3 is 9.15 Å². The van der Waals surface area contributed by atoms with Crippen molar-refractivity contribution in [3.05, 3.63) is 90.0 Å². The number of oxazole rings is 1. The topological polar surface area (TPSA) is 127 Å². The first kappa shape index (κ1) is 23.2. The van der Waals surface area contributed by atoms with E-state index >= 15 is 0 Å². The Hall–Kier alpha value is -3.94. The second-order valence-electron chi connectivity index (χ2n) is 7.22. The number of hydrogen-bond donors (Lipinski definition) is 0. The van der Waals surface area contributed by atoms with E-state index in [1.807, 2.05) is 6.07 Å². The van der Waals surface area contributed by atoms with Gasteiger partial charge in [0.2, 0.25) is 30.6 Å². The molecule has 0 radical (unpaired) electrons. The van der Waals surface area contributed by atoms with Crippen LogP contribution in [0.15, 0.2) is 98.3 Å². The first-order chi connectivity index (χ1) is 16.2. The summed E-state index contributed by atoms with van der Waals surface area (Å²) in [7, 11) is -7.08. The number of rotatable bonds is 7. The first-order valence-corrected chi connectivity index (χ1v) is 13.1. The summed E-state index contributed by atoms with van der Waals surface area (Å²) in [5, 5.41) is 7.52. The van der Waals surface area contributed by atoms with Gasteiger partial charge in [-0.25, -0.2) is 16.8 Å². The number of sulfone groups is 2. The smallest absolute Gasteiger partial charge is 0.258 e. The summed E-state index contributed by atoms with van der Waals surface area (Å²) in [6, 6.07) is 21.7. The molecule has 172 valence electrons. The Balaban J connectivity index is 1.85. The highest BCUT2D eigenvalue weighted by Gasteiger charge is 2.35. The molecule has 0 atom stereocenters. The molecule has 0 N–H and O–H groups in total. The minimum atomic E-state index is -4.31. The Labute approximate surface area is 196 Å². The number of hydrogen-bond acceptors (Lipinski definition) is 8. The molecule has 0 bridgehead atoms. The number of nitriles is 1. The van der Waals surface area contributed by atoms with Gasteiger partial charge in [-0.2, -0.15) is 10.2 Å². The van der Waals surface area contributed by atoms with Crippen LogP contribution < -0.4 is 4.74 Å². The van der Waals surface area contributed by atoms with E-state index in [0.717, 1.165) is 0 Å². The molecule has 0 amide bonds. The van der Waals surface area contributed by atoms with Crippen molar-refractivity contribution in [3.63, 3.8) is 0 Å². The summed E-state index contributed by atoms with van der Waals surface area (Å²) in [5.41, 5.74) is 1.12. The minimum Gasteiger partial charge on any atom is -0.497 e. The lowest BCUT2D eigenvalue weighted by Crippen LogP contribution is -2.11. The Morgan fingerprint density at radius 1 is 0.912 bits per heavy atom. The van der Waals surface area contributed by atoms with Gasteiger partial charge >= 0.3 is 0 Å². The van der Waals surface area contributed by atoms with Crippen LogP contribution in [-0.4, -0.2) is 28.9 Å². The number of benzene rings is 3. The molecule has 8 nitrogen and oxygen atoms in total. The molecule has 10 heteroatoms. The lowest BCUT2D eigenvalue weighted by Gasteiger charge is -2.05. The minimum absolute atomic E-state index is 0.112. The molecule has 0 saturated carbocycles. The van der Waals surface area contributed by atoms with E-state index in [1.165, 1.54) is 55.6 Å². The zero-order valence-corrected chi connectivity index (χ0v) is 19.5. The molecular formula is C24H18N2O6S2. The molecule has 34 heavy (non-hydrogen) atoms. The van der Waals surface area contributed by atoms with Crippen molar-refractivity contribution in [2.45, 2.75) is 20.8 Å². The summed E-state index contributed by atoms with van der Waals surface area (Å²) in [5.74, 6) is -0.135. The van der Waals surface area contributed by atoms with Crippen molar-refractivity contribution >= 4 is 19.7 Å². The van der Waals surface area contributed by atoms with E-state index < -0.39 is 35.5 Å². The van der Waals surface area contributed by atoms with Gasteiger partial charge in [-0.3, -0.25) is 0 Å². The van der Waals surface area contributed by atoms with Crippen molar-refractivity contribution < 1.29 is 26.0 Å². The van der Waals surface area contributed by atoms with Crippen molar-refractivity contribution in [3.8, 4) is 23.3 Å². The lowest BCUT2D eigenvalue weighted by atomic mass is 10.2. The third kappa shape index (κ3) is 4.57. The Bertz CT molecular complexity index is 1570. The predicted octanol–water partition coefficient (Wildman–Crippen LogP) is 4.03. The molecule has 4 rings (SSSR count). The van der Waals surface area contributed by atoms with Gasteiger partial charge in [-0.15, -0.1) is 0 Å². The van der Waals surface area contributed by atoms with E-state index in [1.54, 1.807) is 30.3 Å². The third-order valence-electron chi connectivity index (χ3n) is 4.93. The molecule has 1 aromatic heterocycles. The van der Waals surface area contributed by atoms with Crippen molar-refractivity contribution in [1.29, 1.82) is 5.26 Å². The molecule has 0 unspecified atom stereocenters. The van der Waals surface area contributed by atoms with Crippen molar-refractivity contribution in [2.24, 2.45) is 0 Å². The highest BCUT2D eigenvalue weighted by atomic mass is 32.2. The van der Waals surface area contributed by atoms with E-state index in [0.29, 0.717) is 22.4 Å². The van der Waals surface area contributed by atoms with Gasteiger partial charge in [0.25, 0.3) is 5.09 Å². The summed E-state index contributed by atoms with van der Waals surface area (Å²) in [6.45, 7) is 0. The zero-order chi connectivity index (χ0) is 24.3. The number of aromatic nitrogens is 1. The SMILES string of the molecule is COc1ccc(-c2nc(S(=O)(=O)c3ccccc3)c(S(=O)(=O)Cc3ccc(C#N)cc3)o2)cc1. The van der Waals surface area contributed by atoms with Crippen LogP contribution in [0.3, 0.4) is 0 Å². The monoisotopic (exact) mass is 494 g/mol. The number of ether oxygens (including phenoxy) is 1. The van der Waals surface area contributed by atoms with E-state index in [-0.39, 0.29) is 10.8 Å². The number of nitrogens with zero attached hydrogens (tertiary/aromatic N) is 2.